The summed E-state index contributed by atoms with van der Waals surface area (Å²) < 4.78 is 26.3. The molecule has 0 saturated carbocycles. The van der Waals surface area contributed by atoms with Gasteiger partial charge in [0.1, 0.15) is 0 Å². The summed E-state index contributed by atoms with van der Waals surface area (Å²) in [7, 11) is 0. The fourth-order valence-corrected chi connectivity index (χ4v) is 3.04. The molecule has 3 rings (SSSR count). The lowest BCUT2D eigenvalue weighted by atomic mass is 10.1. The number of alkyl halides is 2. The number of carbonyl (C=O) groups is 1. The van der Waals surface area contributed by atoms with Crippen LogP contribution in [-0.4, -0.2) is 39.7 Å². The zero-order chi connectivity index (χ0) is 16.9. The Bertz CT molecular complexity index is 691. The van der Waals surface area contributed by atoms with Gasteiger partial charge >= 0.3 is 0 Å². The van der Waals surface area contributed by atoms with Gasteiger partial charge in [-0.2, -0.15) is 8.78 Å². The van der Waals surface area contributed by atoms with Crippen LogP contribution in [0.5, 0.6) is 0 Å². The molecule has 2 N–H and O–H groups in total. The number of hydrogen-bond donors (Lipinski definition) is 2. The highest BCUT2D eigenvalue weighted by atomic mass is 35.5. The molecule has 1 aromatic heterocycles. The molecule has 1 saturated heterocycles. The minimum absolute atomic E-state index is 0. The average Bonchev–Trinajstić information content (AvgIpc) is 3.07. The van der Waals surface area contributed by atoms with E-state index in [-0.39, 0.29) is 30.0 Å². The van der Waals surface area contributed by atoms with Crippen LogP contribution in [0, 0.1) is 0 Å². The Kier molecular flexibility index (Phi) is 7.15. The number of hydrogen-bond acceptors (Lipinski definition) is 5. The van der Waals surface area contributed by atoms with E-state index in [0.717, 1.165) is 25.9 Å². The van der Waals surface area contributed by atoms with Crippen LogP contribution in [0.3, 0.4) is 0 Å². The topological polar surface area (TPSA) is 71.8 Å². The van der Waals surface area contributed by atoms with Gasteiger partial charge in [-0.3, -0.25) is 4.79 Å². The number of rotatable bonds is 5. The molecule has 1 aliphatic rings. The SMILES string of the molecule is Cl.O=C(Nc1ccc(SC(F)F)cc1)c1cn(C2CCNCC2)nn1. The van der Waals surface area contributed by atoms with Gasteiger partial charge in [-0.1, -0.05) is 17.0 Å². The highest BCUT2D eigenvalue weighted by molar-refractivity contribution is 7.99. The van der Waals surface area contributed by atoms with Crippen LogP contribution in [0.2, 0.25) is 0 Å². The number of amides is 1. The maximum atomic E-state index is 12.3. The van der Waals surface area contributed by atoms with Gasteiger partial charge in [-0.15, -0.1) is 17.5 Å². The van der Waals surface area contributed by atoms with Crippen molar-refractivity contribution in [3.8, 4) is 0 Å². The van der Waals surface area contributed by atoms with E-state index in [1.54, 1.807) is 23.0 Å². The standard InChI is InChI=1S/C15H17F2N5OS.ClH/c16-15(17)24-12-3-1-10(2-4-12)19-14(23)13-9-22(21-20-13)11-5-7-18-8-6-11;/h1-4,9,11,15,18H,5-8H2,(H,19,23);1H. The summed E-state index contributed by atoms with van der Waals surface area (Å²) in [5.41, 5.74) is 0.759. The molecule has 0 aliphatic carbocycles. The van der Waals surface area contributed by atoms with Gasteiger partial charge in [0.25, 0.3) is 11.7 Å². The van der Waals surface area contributed by atoms with E-state index in [9.17, 15) is 13.6 Å². The van der Waals surface area contributed by atoms with Crippen molar-refractivity contribution in [2.75, 3.05) is 18.4 Å². The van der Waals surface area contributed by atoms with Crippen molar-refractivity contribution >= 4 is 35.8 Å². The molecule has 0 radical (unpaired) electrons. The number of benzene rings is 1. The van der Waals surface area contributed by atoms with E-state index >= 15 is 0 Å². The Labute approximate surface area is 154 Å². The molecule has 0 spiro atoms. The van der Waals surface area contributed by atoms with E-state index in [0.29, 0.717) is 22.3 Å². The molecule has 1 aliphatic heterocycles. The largest absolute Gasteiger partial charge is 0.321 e. The van der Waals surface area contributed by atoms with Gasteiger partial charge in [0.2, 0.25) is 0 Å². The Hall–Kier alpha value is -1.71. The van der Waals surface area contributed by atoms with E-state index in [4.69, 9.17) is 0 Å². The van der Waals surface area contributed by atoms with Gasteiger partial charge < -0.3 is 10.6 Å². The summed E-state index contributed by atoms with van der Waals surface area (Å²) in [5.74, 6) is -2.83. The predicted molar refractivity (Wildman–Crippen MR) is 94.7 cm³/mol. The first-order valence-corrected chi connectivity index (χ1v) is 8.48. The second-order valence-corrected chi connectivity index (χ2v) is 6.49. The fraction of sp³-hybridized carbons (Fsp3) is 0.400. The average molecular weight is 390 g/mol. The molecule has 10 heteroatoms. The number of anilines is 1. The Balaban J connectivity index is 0.00000225. The van der Waals surface area contributed by atoms with Crippen molar-refractivity contribution in [3.63, 3.8) is 0 Å². The van der Waals surface area contributed by atoms with Gasteiger partial charge in [-0.25, -0.2) is 4.68 Å². The van der Waals surface area contributed by atoms with Crippen molar-refractivity contribution in [1.82, 2.24) is 20.3 Å². The lowest BCUT2D eigenvalue weighted by Crippen LogP contribution is -2.29. The molecular weight excluding hydrogens is 372 g/mol. The van der Waals surface area contributed by atoms with Gasteiger partial charge in [-0.05, 0) is 50.2 Å². The zero-order valence-corrected chi connectivity index (χ0v) is 14.8. The van der Waals surface area contributed by atoms with Crippen LogP contribution in [0.4, 0.5) is 14.5 Å². The van der Waals surface area contributed by atoms with Crippen LogP contribution in [0.25, 0.3) is 0 Å². The highest BCUT2D eigenvalue weighted by Crippen LogP contribution is 2.26. The fourth-order valence-electron chi connectivity index (χ4n) is 2.55. The number of nitrogens with one attached hydrogen (secondary N) is 2. The molecule has 2 heterocycles. The van der Waals surface area contributed by atoms with Crippen molar-refractivity contribution in [2.45, 2.75) is 29.5 Å². The monoisotopic (exact) mass is 389 g/mol. The molecule has 136 valence electrons. The zero-order valence-electron chi connectivity index (χ0n) is 13.2. The second-order valence-electron chi connectivity index (χ2n) is 5.42. The molecule has 2 aromatic rings. The minimum atomic E-state index is -2.46. The maximum Gasteiger partial charge on any atom is 0.288 e. The number of carbonyl (C=O) groups excluding carboxylic acids is 1. The van der Waals surface area contributed by atoms with Crippen LogP contribution in [0.15, 0.2) is 35.4 Å². The molecule has 6 nitrogen and oxygen atoms in total. The van der Waals surface area contributed by atoms with Gasteiger partial charge in [0, 0.05) is 10.6 Å². The number of aromatic nitrogens is 3. The van der Waals surface area contributed by atoms with Crippen molar-refractivity contribution in [1.29, 1.82) is 0 Å². The first-order valence-electron chi connectivity index (χ1n) is 7.60. The third-order valence-corrected chi connectivity index (χ3v) is 4.49. The molecule has 0 unspecified atom stereocenters. The summed E-state index contributed by atoms with van der Waals surface area (Å²) in [6, 6.07) is 6.50. The number of nitrogens with zero attached hydrogens (tertiary/aromatic N) is 3. The third kappa shape index (κ3) is 5.38. The lowest BCUT2D eigenvalue weighted by molar-refractivity contribution is 0.102. The van der Waals surface area contributed by atoms with Gasteiger partial charge in [0.05, 0.1) is 12.2 Å². The van der Waals surface area contributed by atoms with Crippen LogP contribution in [-0.2, 0) is 0 Å². The molecule has 25 heavy (non-hydrogen) atoms. The van der Waals surface area contributed by atoms with Crippen molar-refractivity contribution in [3.05, 3.63) is 36.2 Å². The normalized spacial score (nSPS) is 15.0. The van der Waals surface area contributed by atoms with E-state index in [1.165, 1.54) is 12.1 Å². The summed E-state index contributed by atoms with van der Waals surface area (Å²) in [6.45, 7) is 1.85. The molecule has 1 amide bonds. The van der Waals surface area contributed by atoms with Crippen molar-refractivity contribution in [2.24, 2.45) is 0 Å². The maximum absolute atomic E-state index is 12.3. The number of halogens is 3. The number of thioether (sulfide) groups is 1. The Morgan fingerprint density at radius 1 is 1.28 bits per heavy atom. The third-order valence-electron chi connectivity index (χ3n) is 3.76. The Morgan fingerprint density at radius 3 is 2.60 bits per heavy atom. The van der Waals surface area contributed by atoms with Crippen LogP contribution in [0.1, 0.15) is 29.4 Å². The first kappa shape index (κ1) is 19.6. The lowest BCUT2D eigenvalue weighted by Gasteiger charge is -2.22. The summed E-state index contributed by atoms with van der Waals surface area (Å²) in [5, 5.41) is 13.9. The van der Waals surface area contributed by atoms with E-state index < -0.39 is 5.76 Å². The molecule has 1 aromatic carbocycles. The quantitative estimate of drug-likeness (QED) is 0.768. The molecular formula is C15H18ClF2N5OS. The first-order chi connectivity index (χ1) is 11.6. The summed E-state index contributed by atoms with van der Waals surface area (Å²) in [4.78, 5) is 12.7. The number of piperidine rings is 1. The minimum Gasteiger partial charge on any atom is -0.321 e. The van der Waals surface area contributed by atoms with Crippen LogP contribution >= 0.6 is 24.2 Å². The summed E-state index contributed by atoms with van der Waals surface area (Å²) in [6.07, 6.45) is 3.55. The second kappa shape index (κ2) is 9.12. The smallest absolute Gasteiger partial charge is 0.288 e. The van der Waals surface area contributed by atoms with E-state index in [1.807, 2.05) is 0 Å². The van der Waals surface area contributed by atoms with E-state index in [2.05, 4.69) is 20.9 Å². The molecule has 0 bridgehead atoms. The molecule has 1 fully saturated rings. The Morgan fingerprint density at radius 2 is 1.96 bits per heavy atom. The van der Waals surface area contributed by atoms with Crippen molar-refractivity contribution < 1.29 is 13.6 Å². The van der Waals surface area contributed by atoms with Crippen LogP contribution < -0.4 is 10.6 Å². The van der Waals surface area contributed by atoms with Gasteiger partial charge in [0.15, 0.2) is 5.69 Å². The predicted octanol–water partition coefficient (Wildman–Crippen LogP) is 3.19. The highest BCUT2D eigenvalue weighted by Gasteiger charge is 2.18. The molecule has 0 atom stereocenters. The summed E-state index contributed by atoms with van der Waals surface area (Å²) >= 11 is 0.465.